The van der Waals surface area contributed by atoms with Gasteiger partial charge < -0.3 is 0 Å². The minimum absolute atomic E-state index is 0.274. The molecule has 0 atom stereocenters. The summed E-state index contributed by atoms with van der Waals surface area (Å²) in [7, 11) is 0. The van der Waals surface area contributed by atoms with Crippen LogP contribution in [0.2, 0.25) is 0 Å². The Morgan fingerprint density at radius 1 is 1.62 bits per heavy atom. The van der Waals surface area contributed by atoms with Crippen molar-refractivity contribution in [2.24, 2.45) is 9.98 Å². The maximum atomic E-state index is 6.80. The number of amidine groups is 1. The van der Waals surface area contributed by atoms with Gasteiger partial charge in [0, 0.05) is 6.21 Å². The highest BCUT2D eigenvalue weighted by Gasteiger charge is 1.70. The first-order chi connectivity index (χ1) is 3.77. The van der Waals surface area contributed by atoms with Crippen LogP contribution < -0.4 is 0 Å². The minimum Gasteiger partial charge on any atom is -0.287 e. The van der Waals surface area contributed by atoms with Gasteiger partial charge >= 0.3 is 0 Å². The van der Waals surface area contributed by atoms with E-state index >= 15 is 0 Å². The summed E-state index contributed by atoms with van der Waals surface area (Å²) in [6.07, 6.45) is 2.97. The average Bonchev–Trinajstić information content (AvgIpc) is 1.66. The number of aliphatic imine (C=N–C) groups is 2. The van der Waals surface area contributed by atoms with Gasteiger partial charge in [-0.25, -0.2) is 9.98 Å². The van der Waals surface area contributed by atoms with Gasteiger partial charge in [0.1, 0.15) is 12.2 Å². The molecule has 0 radical (unpaired) electrons. The van der Waals surface area contributed by atoms with E-state index < -0.39 is 0 Å². The molecular weight excluding hydrogens is 102 g/mol. The summed E-state index contributed by atoms with van der Waals surface area (Å²) < 4.78 is 0. The molecule has 0 aliphatic rings. The molecule has 0 spiro atoms. The molecule has 0 aliphatic heterocycles. The fraction of sp³-hybridized carbons (Fsp3) is 0.400. The van der Waals surface area contributed by atoms with E-state index in [9.17, 15) is 0 Å². The van der Waals surface area contributed by atoms with Crippen molar-refractivity contribution in [3.05, 3.63) is 0 Å². The van der Waals surface area contributed by atoms with Crippen LogP contribution in [0.3, 0.4) is 0 Å². The van der Waals surface area contributed by atoms with Gasteiger partial charge in [-0.15, -0.1) is 0 Å². The van der Waals surface area contributed by atoms with Crippen LogP contribution in [0.15, 0.2) is 9.98 Å². The Kier molecular flexibility index (Phi) is 3.66. The van der Waals surface area contributed by atoms with E-state index in [0.717, 1.165) is 0 Å². The third-order valence-electron chi connectivity index (χ3n) is 0.467. The normalized spacial score (nSPS) is 11.2. The van der Waals surface area contributed by atoms with Crippen molar-refractivity contribution in [3.63, 3.8) is 0 Å². The van der Waals surface area contributed by atoms with Crippen molar-refractivity contribution in [1.29, 1.82) is 5.41 Å². The molecule has 0 bridgehead atoms. The fourth-order valence-corrected chi connectivity index (χ4v) is 0.187. The van der Waals surface area contributed by atoms with Gasteiger partial charge in [-0.2, -0.15) is 0 Å². The highest BCUT2D eigenvalue weighted by Crippen LogP contribution is 1.68. The molecule has 0 heterocycles. The SMILES string of the molecule is C/C=N\C=N/C(C)=N. The number of hydrogen-bond acceptors (Lipinski definition) is 1. The van der Waals surface area contributed by atoms with Crippen molar-refractivity contribution in [2.45, 2.75) is 13.8 Å². The van der Waals surface area contributed by atoms with Crippen molar-refractivity contribution >= 4 is 18.4 Å². The molecule has 0 aromatic heterocycles. The Labute approximate surface area is 48.7 Å². The summed E-state index contributed by atoms with van der Waals surface area (Å²) >= 11 is 0. The number of rotatable bonds is 1. The zero-order valence-corrected chi connectivity index (χ0v) is 5.05. The van der Waals surface area contributed by atoms with Crippen LogP contribution in [0.5, 0.6) is 0 Å². The van der Waals surface area contributed by atoms with Gasteiger partial charge in [0.05, 0.1) is 0 Å². The predicted octanol–water partition coefficient (Wildman–Crippen LogP) is 1.10. The van der Waals surface area contributed by atoms with Crippen LogP contribution in [0.4, 0.5) is 0 Å². The summed E-state index contributed by atoms with van der Waals surface area (Å²) in [6, 6.07) is 0. The first-order valence-electron chi connectivity index (χ1n) is 2.33. The molecule has 0 fully saturated rings. The van der Waals surface area contributed by atoms with E-state index in [1.54, 1.807) is 20.1 Å². The van der Waals surface area contributed by atoms with Gasteiger partial charge in [-0.1, -0.05) is 0 Å². The standard InChI is InChI=1S/C5H9N3/c1-3-7-4-8-5(2)6/h3-4,6H,1-2H3/b6-5?,7-3-,8-4-. The van der Waals surface area contributed by atoms with Gasteiger partial charge in [0.25, 0.3) is 0 Å². The largest absolute Gasteiger partial charge is 0.287 e. The molecule has 0 aromatic rings. The first kappa shape index (κ1) is 7.01. The molecule has 0 aliphatic carbocycles. The highest BCUT2D eigenvalue weighted by molar-refractivity contribution is 5.86. The summed E-state index contributed by atoms with van der Waals surface area (Å²) in [5.74, 6) is 0.274. The smallest absolute Gasteiger partial charge is 0.119 e. The maximum Gasteiger partial charge on any atom is 0.119 e. The van der Waals surface area contributed by atoms with Crippen LogP contribution >= 0.6 is 0 Å². The lowest BCUT2D eigenvalue weighted by molar-refractivity contribution is 1.41. The van der Waals surface area contributed by atoms with Crippen molar-refractivity contribution in [2.75, 3.05) is 0 Å². The monoisotopic (exact) mass is 111 g/mol. The van der Waals surface area contributed by atoms with Gasteiger partial charge in [-0.3, -0.25) is 5.41 Å². The molecule has 0 saturated carbocycles. The molecule has 44 valence electrons. The average molecular weight is 111 g/mol. The lowest BCUT2D eigenvalue weighted by Gasteiger charge is -1.76. The molecule has 0 aromatic carbocycles. The van der Waals surface area contributed by atoms with Crippen LogP contribution in [-0.2, 0) is 0 Å². The van der Waals surface area contributed by atoms with Crippen LogP contribution in [0.1, 0.15) is 13.8 Å². The topological polar surface area (TPSA) is 48.6 Å². The Balaban J connectivity index is 3.50. The molecule has 1 N–H and O–H groups in total. The van der Waals surface area contributed by atoms with Gasteiger partial charge in [-0.05, 0) is 13.8 Å². The Morgan fingerprint density at radius 3 is 2.62 bits per heavy atom. The Hall–Kier alpha value is -0.990. The number of nitrogens with one attached hydrogen (secondary N) is 1. The second-order valence-corrected chi connectivity index (χ2v) is 1.24. The van der Waals surface area contributed by atoms with Crippen LogP contribution in [0, 0.1) is 5.41 Å². The highest BCUT2D eigenvalue weighted by atomic mass is 14.9. The van der Waals surface area contributed by atoms with E-state index in [4.69, 9.17) is 5.41 Å². The fourth-order valence-electron chi connectivity index (χ4n) is 0.187. The third-order valence-corrected chi connectivity index (χ3v) is 0.467. The minimum atomic E-state index is 0.274. The summed E-state index contributed by atoms with van der Waals surface area (Å²) in [5.41, 5.74) is 0. The molecule has 0 amide bonds. The Bertz CT molecular complexity index is 124. The summed E-state index contributed by atoms with van der Waals surface area (Å²) in [5, 5.41) is 6.80. The zero-order valence-electron chi connectivity index (χ0n) is 5.05. The van der Waals surface area contributed by atoms with E-state index in [0.29, 0.717) is 0 Å². The number of nitrogens with zero attached hydrogens (tertiary/aromatic N) is 2. The van der Waals surface area contributed by atoms with Gasteiger partial charge in [0.2, 0.25) is 0 Å². The van der Waals surface area contributed by atoms with E-state index in [1.807, 2.05) is 0 Å². The summed E-state index contributed by atoms with van der Waals surface area (Å²) in [6.45, 7) is 3.40. The second kappa shape index (κ2) is 4.18. The second-order valence-electron chi connectivity index (χ2n) is 1.24. The van der Waals surface area contributed by atoms with Crippen molar-refractivity contribution in [1.82, 2.24) is 0 Å². The molecule has 0 unspecified atom stereocenters. The maximum absolute atomic E-state index is 6.80. The quantitative estimate of drug-likeness (QED) is 0.389. The Morgan fingerprint density at radius 2 is 2.25 bits per heavy atom. The third kappa shape index (κ3) is 5.01. The van der Waals surface area contributed by atoms with Crippen molar-refractivity contribution < 1.29 is 0 Å². The lowest BCUT2D eigenvalue weighted by Crippen LogP contribution is -1.79. The van der Waals surface area contributed by atoms with E-state index in [2.05, 4.69) is 9.98 Å². The summed E-state index contributed by atoms with van der Waals surface area (Å²) in [4.78, 5) is 7.23. The molecule has 0 saturated heterocycles. The zero-order chi connectivity index (χ0) is 6.41. The molecule has 3 heteroatoms. The molecular formula is C5H9N3. The molecule has 3 nitrogen and oxygen atoms in total. The molecule has 8 heavy (non-hydrogen) atoms. The van der Waals surface area contributed by atoms with E-state index in [1.165, 1.54) is 6.34 Å². The van der Waals surface area contributed by atoms with Gasteiger partial charge in [0.15, 0.2) is 0 Å². The van der Waals surface area contributed by atoms with Crippen LogP contribution in [-0.4, -0.2) is 18.4 Å². The predicted molar refractivity (Wildman–Crippen MR) is 36.1 cm³/mol. The molecule has 0 rings (SSSR count). The van der Waals surface area contributed by atoms with E-state index in [-0.39, 0.29) is 5.84 Å². The van der Waals surface area contributed by atoms with Crippen LogP contribution in [0.25, 0.3) is 0 Å². The lowest BCUT2D eigenvalue weighted by atomic mass is 10.7. The number of hydrogen-bond donors (Lipinski definition) is 1. The first-order valence-corrected chi connectivity index (χ1v) is 2.33. The van der Waals surface area contributed by atoms with Crippen molar-refractivity contribution in [3.8, 4) is 0 Å².